The summed E-state index contributed by atoms with van der Waals surface area (Å²) in [4.78, 5) is 0. The lowest BCUT2D eigenvalue weighted by atomic mass is 10.0. The third-order valence-electron chi connectivity index (χ3n) is 6.11. The van der Waals surface area contributed by atoms with Crippen molar-refractivity contribution < 1.29 is 13.6 Å². The van der Waals surface area contributed by atoms with E-state index in [9.17, 15) is 4.57 Å². The molecule has 35 heavy (non-hydrogen) atoms. The summed E-state index contributed by atoms with van der Waals surface area (Å²) < 4.78 is 28.1. The van der Waals surface area contributed by atoms with Crippen LogP contribution in [0.3, 0.4) is 0 Å². The zero-order valence-electron chi connectivity index (χ0n) is 19.8. The van der Waals surface area contributed by atoms with Crippen molar-refractivity contribution in [1.29, 1.82) is 0 Å². The van der Waals surface area contributed by atoms with Gasteiger partial charge in [0.2, 0.25) is 0 Å². The van der Waals surface area contributed by atoms with Gasteiger partial charge in [0.25, 0.3) is 0 Å². The van der Waals surface area contributed by atoms with Crippen LogP contribution in [0.2, 0.25) is 0 Å². The van der Waals surface area contributed by atoms with Crippen LogP contribution in [0.25, 0.3) is 5.57 Å². The molecule has 0 unspecified atom stereocenters. The molecule has 5 rings (SSSR count). The number of fused-ring (bicyclic) bond motifs is 1. The van der Waals surface area contributed by atoms with Crippen LogP contribution in [0.15, 0.2) is 109 Å². The van der Waals surface area contributed by atoms with Crippen LogP contribution < -0.4 is 15.2 Å². The number of rotatable bonds is 8. The van der Waals surface area contributed by atoms with Gasteiger partial charge < -0.3 is 9.05 Å². The average molecular weight is 519 g/mol. The standard InChI is InChI=1S/C29H28O3P2S/c1-3-31-34(30,32-4-2)28-22-27(23-14-8-5-9-15-23)26-20-21-35-29(26)33(28,24-16-10-6-11-17-24)25-18-12-7-13-19-25/h5-22H,3-4H2,1-2H3. The van der Waals surface area contributed by atoms with Crippen molar-refractivity contribution in [2.75, 3.05) is 13.2 Å². The molecule has 0 aliphatic carbocycles. The van der Waals surface area contributed by atoms with Crippen molar-refractivity contribution >= 4 is 51.7 Å². The molecule has 0 fully saturated rings. The van der Waals surface area contributed by atoms with Crippen molar-refractivity contribution in [3.05, 3.63) is 120 Å². The zero-order chi connectivity index (χ0) is 24.3. The molecule has 3 aromatic carbocycles. The van der Waals surface area contributed by atoms with Crippen molar-refractivity contribution in [2.24, 2.45) is 0 Å². The van der Waals surface area contributed by atoms with E-state index in [1.54, 1.807) is 11.3 Å². The maximum Gasteiger partial charge on any atom is 0.362 e. The van der Waals surface area contributed by atoms with Crippen LogP contribution in [0.5, 0.6) is 0 Å². The lowest BCUT2D eigenvalue weighted by molar-refractivity contribution is 0.233. The summed E-state index contributed by atoms with van der Waals surface area (Å²) in [5.41, 5.74) is 3.33. The number of thiophene rings is 1. The molecular formula is C29H28O3P2S. The maximum absolute atomic E-state index is 14.7. The lowest BCUT2D eigenvalue weighted by Crippen LogP contribution is -2.32. The molecule has 0 radical (unpaired) electrons. The van der Waals surface area contributed by atoms with Crippen LogP contribution in [-0.4, -0.2) is 18.2 Å². The third kappa shape index (κ3) is 4.14. The van der Waals surface area contributed by atoms with E-state index in [-0.39, 0.29) is 0 Å². The molecule has 4 aromatic rings. The molecule has 0 saturated carbocycles. The molecule has 0 spiro atoms. The Hall–Kier alpha value is -2.45. The minimum Gasteiger partial charge on any atom is -0.305 e. The second-order valence-electron chi connectivity index (χ2n) is 8.10. The van der Waals surface area contributed by atoms with Gasteiger partial charge in [-0.25, -0.2) is 0 Å². The van der Waals surface area contributed by atoms with Gasteiger partial charge in [0.15, 0.2) is 0 Å². The molecule has 3 nitrogen and oxygen atoms in total. The van der Waals surface area contributed by atoms with E-state index in [0.29, 0.717) is 13.2 Å². The van der Waals surface area contributed by atoms with Gasteiger partial charge in [-0.05, 0) is 53.1 Å². The molecular weight excluding hydrogens is 490 g/mol. The highest BCUT2D eigenvalue weighted by molar-refractivity contribution is 8.08. The average Bonchev–Trinajstić information content (AvgIpc) is 3.40. The SMILES string of the molecule is CCOP(=O)(OCC)C1=P(c2ccccc2)(c2ccccc2)c2sccc2C(c2ccccc2)=C1. The molecule has 0 amide bonds. The maximum atomic E-state index is 14.7. The Morgan fingerprint density at radius 2 is 1.26 bits per heavy atom. The zero-order valence-corrected chi connectivity index (χ0v) is 22.4. The minimum absolute atomic E-state index is 0.302. The topological polar surface area (TPSA) is 35.5 Å². The Kier molecular flexibility index (Phi) is 7.12. The first kappa shape index (κ1) is 24.3. The molecule has 0 N–H and O–H groups in total. The van der Waals surface area contributed by atoms with Crippen molar-refractivity contribution in [3.63, 3.8) is 0 Å². The molecule has 1 aromatic heterocycles. The fourth-order valence-electron chi connectivity index (χ4n) is 4.75. The molecule has 6 heteroatoms. The quantitative estimate of drug-likeness (QED) is 0.239. The van der Waals surface area contributed by atoms with Crippen molar-refractivity contribution in [3.8, 4) is 0 Å². The van der Waals surface area contributed by atoms with Gasteiger partial charge in [-0.1, -0.05) is 91.0 Å². The summed E-state index contributed by atoms with van der Waals surface area (Å²) >= 11 is 1.73. The summed E-state index contributed by atoms with van der Waals surface area (Å²) in [6.07, 6.45) is 2.12. The second kappa shape index (κ2) is 10.3. The summed E-state index contributed by atoms with van der Waals surface area (Å²) in [7, 11) is -3.64. The van der Waals surface area contributed by atoms with Crippen LogP contribution in [-0.2, 0) is 13.6 Å². The van der Waals surface area contributed by atoms with E-state index in [1.165, 1.54) is 10.2 Å². The van der Waals surface area contributed by atoms with E-state index in [2.05, 4.69) is 78.2 Å². The van der Waals surface area contributed by atoms with Gasteiger partial charge in [0.05, 0.1) is 18.2 Å². The smallest absolute Gasteiger partial charge is 0.305 e. The highest BCUT2D eigenvalue weighted by Gasteiger charge is 2.44. The van der Waals surface area contributed by atoms with Gasteiger partial charge >= 0.3 is 7.60 Å². The fourth-order valence-corrected chi connectivity index (χ4v) is 15.1. The molecule has 0 bridgehead atoms. The van der Waals surface area contributed by atoms with Crippen molar-refractivity contribution in [1.82, 2.24) is 0 Å². The largest absolute Gasteiger partial charge is 0.362 e. The van der Waals surface area contributed by atoms with Gasteiger partial charge in [0.1, 0.15) is 0 Å². The normalized spacial score (nSPS) is 14.9. The highest BCUT2D eigenvalue weighted by Crippen LogP contribution is 2.64. The first-order valence-electron chi connectivity index (χ1n) is 11.8. The highest BCUT2D eigenvalue weighted by atomic mass is 32.1. The number of hydrogen-bond donors (Lipinski definition) is 0. The second-order valence-corrected chi connectivity index (χ2v) is 15.0. The first-order valence-corrected chi connectivity index (χ1v) is 16.0. The molecule has 0 atom stereocenters. The number of allylic oxidation sites excluding steroid dienone is 1. The monoisotopic (exact) mass is 518 g/mol. The Labute approximate surface area is 211 Å². The Bertz CT molecular complexity index is 1390. The summed E-state index contributed by atoms with van der Waals surface area (Å²) in [5, 5.41) is 5.21. The predicted octanol–water partition coefficient (Wildman–Crippen LogP) is 6.88. The summed E-state index contributed by atoms with van der Waals surface area (Å²) in [5.74, 6) is 0. The summed E-state index contributed by atoms with van der Waals surface area (Å²) in [6.45, 7) is 1.81. The third-order valence-corrected chi connectivity index (χ3v) is 15.3. The molecule has 1 aliphatic heterocycles. The Morgan fingerprint density at radius 1 is 0.743 bits per heavy atom. The predicted molar refractivity (Wildman–Crippen MR) is 152 cm³/mol. The van der Waals surface area contributed by atoms with Gasteiger partial charge in [-0.15, -0.1) is 11.3 Å². The van der Waals surface area contributed by atoms with E-state index in [1.807, 2.05) is 44.2 Å². The summed E-state index contributed by atoms with van der Waals surface area (Å²) in [6, 6.07) is 33.5. The Morgan fingerprint density at radius 3 is 1.77 bits per heavy atom. The van der Waals surface area contributed by atoms with Gasteiger partial charge in [-0.3, -0.25) is 4.57 Å². The molecule has 2 heterocycles. The van der Waals surface area contributed by atoms with Crippen LogP contribution in [0, 0.1) is 0 Å². The number of hydrogen-bond acceptors (Lipinski definition) is 4. The fraction of sp³-hybridized carbons (Fsp3) is 0.138. The molecule has 1 aliphatic rings. The van der Waals surface area contributed by atoms with E-state index >= 15 is 0 Å². The minimum atomic E-state index is -3.64. The van der Waals surface area contributed by atoms with Gasteiger partial charge in [-0.2, -0.15) is 0 Å². The van der Waals surface area contributed by atoms with E-state index < -0.39 is 14.5 Å². The van der Waals surface area contributed by atoms with Crippen LogP contribution in [0.1, 0.15) is 25.0 Å². The van der Waals surface area contributed by atoms with E-state index in [0.717, 1.165) is 26.8 Å². The Balaban J connectivity index is 2.03. The van der Waals surface area contributed by atoms with Crippen LogP contribution in [0.4, 0.5) is 0 Å². The van der Waals surface area contributed by atoms with Crippen LogP contribution >= 0.6 is 25.8 Å². The first-order chi connectivity index (χ1) is 17.1. The van der Waals surface area contributed by atoms with Crippen molar-refractivity contribution in [2.45, 2.75) is 13.8 Å². The molecule has 178 valence electrons. The number of benzene rings is 3. The lowest BCUT2D eigenvalue weighted by Gasteiger charge is -2.36. The van der Waals surface area contributed by atoms with E-state index in [4.69, 9.17) is 9.05 Å². The van der Waals surface area contributed by atoms with Gasteiger partial charge in [0, 0.05) is 17.1 Å². The molecule has 0 saturated heterocycles.